The average molecular weight is 352 g/mol. The lowest BCUT2D eigenvalue weighted by atomic mass is 10.1. The van der Waals surface area contributed by atoms with Gasteiger partial charge in [0.1, 0.15) is 5.65 Å². The van der Waals surface area contributed by atoms with Gasteiger partial charge in [-0.25, -0.2) is 4.98 Å². The Labute approximate surface area is 155 Å². The molecule has 4 aromatic heterocycles. The molecule has 0 amide bonds. The van der Waals surface area contributed by atoms with Gasteiger partial charge in [-0.1, -0.05) is 18.2 Å². The summed E-state index contributed by atoms with van der Waals surface area (Å²) in [5.74, 6) is 0. The molecule has 0 aliphatic rings. The topological polar surface area (TPSA) is 63.3 Å². The van der Waals surface area contributed by atoms with Crippen LogP contribution in [-0.4, -0.2) is 24.5 Å². The maximum absolute atomic E-state index is 9.34. The summed E-state index contributed by atoms with van der Waals surface area (Å²) in [5.41, 5.74) is 6.34. The van der Waals surface area contributed by atoms with Crippen molar-refractivity contribution >= 4 is 16.6 Å². The van der Waals surface area contributed by atoms with Crippen molar-refractivity contribution in [2.75, 3.05) is 0 Å². The number of imidazole rings is 1. The number of aromatic nitrogens is 4. The van der Waals surface area contributed by atoms with Gasteiger partial charge < -0.3 is 9.51 Å². The molecule has 5 aromatic rings. The summed E-state index contributed by atoms with van der Waals surface area (Å²) < 4.78 is 1.99. The van der Waals surface area contributed by atoms with Gasteiger partial charge in [-0.05, 0) is 42.0 Å². The van der Waals surface area contributed by atoms with Crippen LogP contribution in [0, 0.1) is 0 Å². The summed E-state index contributed by atoms with van der Waals surface area (Å²) in [4.78, 5) is 13.7. The van der Waals surface area contributed by atoms with Crippen molar-refractivity contribution in [3.63, 3.8) is 0 Å². The van der Waals surface area contributed by atoms with E-state index in [-0.39, 0.29) is 6.61 Å². The number of aliphatic hydroxyl groups excluding tert-OH is 1. The largest absolute Gasteiger partial charge is 0.392 e. The molecular weight excluding hydrogens is 336 g/mol. The molecule has 5 heteroatoms. The fraction of sp³-hybridized carbons (Fsp3) is 0.0455. The molecule has 130 valence electrons. The molecule has 5 rings (SSSR count). The zero-order valence-electron chi connectivity index (χ0n) is 14.4. The number of pyridine rings is 3. The smallest absolute Gasteiger partial charge is 0.137 e. The molecule has 0 bridgehead atoms. The first-order chi connectivity index (χ1) is 13.3. The monoisotopic (exact) mass is 352 g/mol. The van der Waals surface area contributed by atoms with Gasteiger partial charge >= 0.3 is 0 Å². The Bertz CT molecular complexity index is 1280. The van der Waals surface area contributed by atoms with Gasteiger partial charge in [0.05, 0.1) is 23.5 Å². The van der Waals surface area contributed by atoms with E-state index in [2.05, 4.69) is 22.1 Å². The molecule has 0 unspecified atom stereocenters. The van der Waals surface area contributed by atoms with Crippen LogP contribution in [0.3, 0.4) is 0 Å². The van der Waals surface area contributed by atoms with E-state index >= 15 is 0 Å². The molecule has 0 radical (unpaired) electrons. The zero-order chi connectivity index (χ0) is 18.2. The number of benzene rings is 1. The molecule has 0 spiro atoms. The standard InChI is InChI=1S/C22H16N4O/c27-14-15-7-8-23-20(9-15)17-5-6-22-25-21(13-26(22)12-17)18-10-16-3-1-2-4-19(16)24-11-18/h1-13,27H,14H2. The van der Waals surface area contributed by atoms with Crippen molar-refractivity contribution in [3.8, 4) is 22.5 Å². The second-order valence-electron chi connectivity index (χ2n) is 6.43. The summed E-state index contributed by atoms with van der Waals surface area (Å²) >= 11 is 0. The highest BCUT2D eigenvalue weighted by Crippen LogP contribution is 2.24. The highest BCUT2D eigenvalue weighted by atomic mass is 16.3. The van der Waals surface area contributed by atoms with Crippen LogP contribution in [0.1, 0.15) is 5.56 Å². The van der Waals surface area contributed by atoms with Gasteiger partial charge in [-0.2, -0.15) is 0 Å². The molecule has 0 atom stereocenters. The Hall–Kier alpha value is -3.57. The highest BCUT2D eigenvalue weighted by molar-refractivity contribution is 5.83. The lowest BCUT2D eigenvalue weighted by molar-refractivity contribution is 0.282. The molecule has 0 fully saturated rings. The number of hydrogen-bond acceptors (Lipinski definition) is 4. The molecule has 27 heavy (non-hydrogen) atoms. The van der Waals surface area contributed by atoms with Gasteiger partial charge in [-0.15, -0.1) is 0 Å². The van der Waals surface area contributed by atoms with E-state index in [0.717, 1.165) is 44.6 Å². The SMILES string of the molecule is OCc1ccnc(-c2ccc3nc(-c4cnc5ccccc5c4)cn3c2)c1. The van der Waals surface area contributed by atoms with E-state index in [0.29, 0.717) is 0 Å². The summed E-state index contributed by atoms with van der Waals surface area (Å²) in [6.45, 7) is 0.00194. The molecule has 5 nitrogen and oxygen atoms in total. The third-order valence-corrected chi connectivity index (χ3v) is 4.64. The molecular formula is C22H16N4O. The van der Waals surface area contributed by atoms with E-state index in [4.69, 9.17) is 4.98 Å². The van der Waals surface area contributed by atoms with Crippen LogP contribution in [-0.2, 0) is 6.61 Å². The predicted octanol–water partition coefficient (Wildman–Crippen LogP) is 4.10. The summed E-state index contributed by atoms with van der Waals surface area (Å²) in [7, 11) is 0. The molecule has 0 aliphatic carbocycles. The van der Waals surface area contributed by atoms with E-state index in [1.165, 1.54) is 0 Å². The highest BCUT2D eigenvalue weighted by Gasteiger charge is 2.08. The molecule has 4 heterocycles. The summed E-state index contributed by atoms with van der Waals surface area (Å²) in [6.07, 6.45) is 7.58. The molecule has 1 N–H and O–H groups in total. The van der Waals surface area contributed by atoms with Gasteiger partial charge in [-0.3, -0.25) is 9.97 Å². The van der Waals surface area contributed by atoms with Crippen LogP contribution in [0.25, 0.3) is 39.1 Å². The Morgan fingerprint density at radius 3 is 2.70 bits per heavy atom. The normalized spacial score (nSPS) is 11.3. The zero-order valence-corrected chi connectivity index (χ0v) is 14.4. The molecule has 0 saturated heterocycles. The van der Waals surface area contributed by atoms with Gasteiger partial charge in [0, 0.05) is 41.3 Å². The van der Waals surface area contributed by atoms with Crippen molar-refractivity contribution in [1.29, 1.82) is 0 Å². The summed E-state index contributed by atoms with van der Waals surface area (Å²) in [6, 6.07) is 17.8. The number of aliphatic hydroxyl groups is 1. The summed E-state index contributed by atoms with van der Waals surface area (Å²) in [5, 5.41) is 10.4. The van der Waals surface area contributed by atoms with Crippen molar-refractivity contribution in [2.45, 2.75) is 6.61 Å². The molecule has 1 aromatic carbocycles. The van der Waals surface area contributed by atoms with Crippen LogP contribution >= 0.6 is 0 Å². The first kappa shape index (κ1) is 15.7. The molecule has 0 aliphatic heterocycles. The maximum atomic E-state index is 9.34. The van der Waals surface area contributed by atoms with Crippen molar-refractivity contribution in [2.24, 2.45) is 0 Å². The maximum Gasteiger partial charge on any atom is 0.137 e. The Morgan fingerprint density at radius 2 is 1.78 bits per heavy atom. The van der Waals surface area contributed by atoms with Crippen LogP contribution < -0.4 is 0 Å². The van der Waals surface area contributed by atoms with Crippen molar-refractivity contribution in [3.05, 3.63) is 84.9 Å². The van der Waals surface area contributed by atoms with Gasteiger partial charge in [0.15, 0.2) is 0 Å². The third-order valence-electron chi connectivity index (χ3n) is 4.64. The second kappa shape index (κ2) is 6.30. The first-order valence-electron chi connectivity index (χ1n) is 8.70. The number of para-hydroxylation sites is 1. The second-order valence-corrected chi connectivity index (χ2v) is 6.43. The van der Waals surface area contributed by atoms with E-state index in [1.54, 1.807) is 6.20 Å². The van der Waals surface area contributed by atoms with Crippen molar-refractivity contribution < 1.29 is 5.11 Å². The minimum Gasteiger partial charge on any atom is -0.392 e. The Kier molecular flexibility index (Phi) is 3.66. The number of hydrogen-bond donors (Lipinski definition) is 1. The van der Waals surface area contributed by atoms with Crippen LogP contribution in [0.15, 0.2) is 79.4 Å². The lowest BCUT2D eigenvalue weighted by Crippen LogP contribution is -1.90. The number of fused-ring (bicyclic) bond motifs is 2. The fourth-order valence-electron chi connectivity index (χ4n) is 3.22. The van der Waals surface area contributed by atoms with Gasteiger partial charge in [0.2, 0.25) is 0 Å². The average Bonchev–Trinajstić information content (AvgIpc) is 3.17. The Morgan fingerprint density at radius 1 is 0.852 bits per heavy atom. The van der Waals surface area contributed by atoms with E-state index < -0.39 is 0 Å². The lowest BCUT2D eigenvalue weighted by Gasteiger charge is -2.03. The minimum absolute atomic E-state index is 0.00194. The predicted molar refractivity (Wildman–Crippen MR) is 105 cm³/mol. The quantitative estimate of drug-likeness (QED) is 0.531. The van der Waals surface area contributed by atoms with Crippen molar-refractivity contribution in [1.82, 2.24) is 19.4 Å². The van der Waals surface area contributed by atoms with E-state index in [1.807, 2.05) is 65.5 Å². The van der Waals surface area contributed by atoms with Crippen LogP contribution in [0.2, 0.25) is 0 Å². The van der Waals surface area contributed by atoms with Gasteiger partial charge in [0.25, 0.3) is 0 Å². The third kappa shape index (κ3) is 2.84. The van der Waals surface area contributed by atoms with Crippen LogP contribution in [0.4, 0.5) is 0 Å². The molecule has 0 saturated carbocycles. The fourth-order valence-corrected chi connectivity index (χ4v) is 3.22. The Balaban J connectivity index is 1.58. The first-order valence-corrected chi connectivity index (χ1v) is 8.70. The van der Waals surface area contributed by atoms with Crippen LogP contribution in [0.5, 0.6) is 0 Å². The number of nitrogens with zero attached hydrogens (tertiary/aromatic N) is 4. The van der Waals surface area contributed by atoms with E-state index in [9.17, 15) is 5.11 Å². The number of rotatable bonds is 3. The minimum atomic E-state index is 0.00194.